The van der Waals surface area contributed by atoms with Crippen LogP contribution in [0.25, 0.3) is 22.6 Å². The molecule has 1 atom stereocenters. The monoisotopic (exact) mass is 456 g/mol. The minimum atomic E-state index is -0.483. The van der Waals surface area contributed by atoms with E-state index < -0.39 is 17.8 Å². The van der Waals surface area contributed by atoms with Gasteiger partial charge in [-0.15, -0.1) is 0 Å². The second kappa shape index (κ2) is 9.30. The molecule has 5 rings (SSSR count). The van der Waals surface area contributed by atoms with Crippen LogP contribution in [-0.4, -0.2) is 30.4 Å². The van der Waals surface area contributed by atoms with E-state index in [9.17, 15) is 14.0 Å². The number of carbonyl (C=O) groups excluding carboxylic acids is 1. The zero-order chi connectivity index (χ0) is 23.5. The molecule has 1 aromatic carbocycles. The normalized spacial score (nSPS) is 15.3. The predicted octanol–water partition coefficient (Wildman–Crippen LogP) is 3.56. The number of nitrogens with zero attached hydrogens (tertiary/aromatic N) is 5. The summed E-state index contributed by atoms with van der Waals surface area (Å²) >= 11 is 0. The van der Waals surface area contributed by atoms with Crippen molar-refractivity contribution in [3.05, 3.63) is 94.8 Å². The number of nitrogens with one attached hydrogen (secondary N) is 1. The lowest BCUT2D eigenvalue weighted by molar-refractivity contribution is 0.0927. The molecule has 3 aromatic heterocycles. The predicted molar refractivity (Wildman–Crippen MR) is 123 cm³/mol. The van der Waals surface area contributed by atoms with Crippen LogP contribution in [0.2, 0.25) is 0 Å². The summed E-state index contributed by atoms with van der Waals surface area (Å²) in [7, 11) is 0. The van der Waals surface area contributed by atoms with E-state index in [0.717, 1.165) is 12.8 Å². The molecule has 1 aliphatic heterocycles. The fourth-order valence-electron chi connectivity index (χ4n) is 4.08. The standard InChI is InChI=1S/C25H21FN6O2/c26-17-7-2-1-6-16(17)18-9-5-10-21(29-18)25(34)31-20-8-3-4-13-32-23(33)14-22(30-24(20)32)19-11-12-27-15-28-19/h1-2,5-7,9-12,14-15,20H,3-4,8,13H2,(H,31,34). The van der Waals surface area contributed by atoms with Crippen molar-refractivity contribution >= 4 is 5.91 Å². The Morgan fingerprint density at radius 1 is 1.00 bits per heavy atom. The van der Waals surface area contributed by atoms with Crippen molar-refractivity contribution in [1.29, 1.82) is 0 Å². The molecule has 0 bridgehead atoms. The number of rotatable bonds is 4. The third-order valence-electron chi connectivity index (χ3n) is 5.76. The van der Waals surface area contributed by atoms with E-state index in [2.05, 4.69) is 20.3 Å². The Morgan fingerprint density at radius 3 is 2.71 bits per heavy atom. The van der Waals surface area contributed by atoms with Gasteiger partial charge in [-0.2, -0.15) is 0 Å². The summed E-state index contributed by atoms with van der Waals surface area (Å²) in [5.74, 6) is -0.346. The van der Waals surface area contributed by atoms with Crippen molar-refractivity contribution in [2.75, 3.05) is 0 Å². The minimum absolute atomic E-state index is 0.158. The molecule has 4 heterocycles. The molecule has 1 aliphatic rings. The molecule has 170 valence electrons. The highest BCUT2D eigenvalue weighted by Gasteiger charge is 2.25. The van der Waals surface area contributed by atoms with Crippen molar-refractivity contribution in [1.82, 2.24) is 29.8 Å². The van der Waals surface area contributed by atoms with Crippen LogP contribution >= 0.6 is 0 Å². The molecule has 4 aromatic rings. The van der Waals surface area contributed by atoms with Crippen molar-refractivity contribution in [2.24, 2.45) is 0 Å². The lowest BCUT2D eigenvalue weighted by atomic mass is 10.1. The maximum atomic E-state index is 14.2. The largest absolute Gasteiger partial charge is 0.341 e. The zero-order valence-electron chi connectivity index (χ0n) is 18.2. The first-order valence-corrected chi connectivity index (χ1v) is 11.0. The highest BCUT2D eigenvalue weighted by atomic mass is 19.1. The van der Waals surface area contributed by atoms with Crippen LogP contribution in [0.1, 0.15) is 41.6 Å². The maximum Gasteiger partial charge on any atom is 0.270 e. The summed E-state index contributed by atoms with van der Waals surface area (Å²) < 4.78 is 15.8. The van der Waals surface area contributed by atoms with E-state index in [0.29, 0.717) is 41.4 Å². The quantitative estimate of drug-likeness (QED) is 0.504. The number of pyridine rings is 1. The number of hydrogen-bond acceptors (Lipinski definition) is 6. The molecule has 0 saturated carbocycles. The number of aromatic nitrogens is 5. The summed E-state index contributed by atoms with van der Waals surface area (Å²) in [5, 5.41) is 2.98. The topological polar surface area (TPSA) is 103 Å². The van der Waals surface area contributed by atoms with Gasteiger partial charge < -0.3 is 5.32 Å². The van der Waals surface area contributed by atoms with E-state index in [1.54, 1.807) is 53.2 Å². The number of carbonyl (C=O) groups is 1. The third kappa shape index (κ3) is 4.32. The second-order valence-corrected chi connectivity index (χ2v) is 7.99. The van der Waals surface area contributed by atoms with Gasteiger partial charge in [0.15, 0.2) is 0 Å². The van der Waals surface area contributed by atoms with Gasteiger partial charge in [0.2, 0.25) is 0 Å². The van der Waals surface area contributed by atoms with E-state index in [-0.39, 0.29) is 11.3 Å². The highest BCUT2D eigenvalue weighted by molar-refractivity contribution is 5.93. The summed E-state index contributed by atoms with van der Waals surface area (Å²) in [6, 6.07) is 13.8. The summed E-state index contributed by atoms with van der Waals surface area (Å²) in [6.07, 6.45) is 5.22. The Bertz CT molecular complexity index is 1410. The maximum absolute atomic E-state index is 14.2. The molecule has 1 N–H and O–H groups in total. The van der Waals surface area contributed by atoms with Gasteiger partial charge >= 0.3 is 0 Å². The molecule has 0 saturated heterocycles. The van der Waals surface area contributed by atoms with Crippen LogP contribution in [-0.2, 0) is 6.54 Å². The zero-order valence-corrected chi connectivity index (χ0v) is 18.2. The van der Waals surface area contributed by atoms with Crippen LogP contribution in [0.3, 0.4) is 0 Å². The van der Waals surface area contributed by atoms with E-state index in [1.807, 2.05) is 0 Å². The fourth-order valence-corrected chi connectivity index (χ4v) is 4.08. The van der Waals surface area contributed by atoms with E-state index in [1.165, 1.54) is 18.5 Å². The number of benzene rings is 1. The average Bonchev–Trinajstić information content (AvgIpc) is 3.07. The van der Waals surface area contributed by atoms with Gasteiger partial charge in [-0.3, -0.25) is 14.2 Å². The third-order valence-corrected chi connectivity index (χ3v) is 5.76. The Morgan fingerprint density at radius 2 is 1.88 bits per heavy atom. The fraction of sp³-hybridized carbons (Fsp3) is 0.200. The first-order valence-electron chi connectivity index (χ1n) is 11.0. The van der Waals surface area contributed by atoms with Crippen LogP contribution in [0.15, 0.2) is 71.9 Å². The molecule has 1 amide bonds. The number of amides is 1. The minimum Gasteiger partial charge on any atom is -0.341 e. The van der Waals surface area contributed by atoms with E-state index >= 15 is 0 Å². The van der Waals surface area contributed by atoms with Crippen LogP contribution in [0.4, 0.5) is 4.39 Å². The van der Waals surface area contributed by atoms with Crippen LogP contribution < -0.4 is 10.9 Å². The molecule has 0 spiro atoms. The molecule has 0 radical (unpaired) electrons. The molecule has 0 fully saturated rings. The second-order valence-electron chi connectivity index (χ2n) is 7.99. The van der Waals surface area contributed by atoms with Gasteiger partial charge in [0, 0.05) is 24.4 Å². The van der Waals surface area contributed by atoms with Crippen molar-refractivity contribution in [3.8, 4) is 22.6 Å². The molecule has 34 heavy (non-hydrogen) atoms. The van der Waals surface area contributed by atoms with Gasteiger partial charge in [-0.1, -0.05) is 18.2 Å². The van der Waals surface area contributed by atoms with Gasteiger partial charge in [0.1, 0.15) is 23.7 Å². The Hall–Kier alpha value is -4.27. The van der Waals surface area contributed by atoms with Crippen LogP contribution in [0, 0.1) is 5.82 Å². The number of halogens is 1. The average molecular weight is 456 g/mol. The number of fused-ring (bicyclic) bond motifs is 1. The Balaban J connectivity index is 1.47. The summed E-state index contributed by atoms with van der Waals surface area (Å²) in [4.78, 5) is 43.2. The van der Waals surface area contributed by atoms with Crippen molar-refractivity contribution in [2.45, 2.75) is 31.8 Å². The molecule has 0 aliphatic carbocycles. The lowest BCUT2D eigenvalue weighted by Gasteiger charge is -2.19. The molecular weight excluding hydrogens is 435 g/mol. The van der Waals surface area contributed by atoms with Crippen molar-refractivity contribution < 1.29 is 9.18 Å². The van der Waals surface area contributed by atoms with Gasteiger partial charge in [0.25, 0.3) is 11.5 Å². The van der Waals surface area contributed by atoms with Gasteiger partial charge in [-0.05, 0) is 49.6 Å². The smallest absolute Gasteiger partial charge is 0.270 e. The Kier molecular flexibility index (Phi) is 5.90. The molecule has 9 heteroatoms. The first kappa shape index (κ1) is 21.6. The lowest BCUT2D eigenvalue weighted by Crippen LogP contribution is -2.34. The van der Waals surface area contributed by atoms with E-state index in [4.69, 9.17) is 4.98 Å². The molecular formula is C25H21FN6O2. The highest BCUT2D eigenvalue weighted by Crippen LogP contribution is 2.25. The number of hydrogen-bond donors (Lipinski definition) is 1. The molecule has 8 nitrogen and oxygen atoms in total. The van der Waals surface area contributed by atoms with Gasteiger partial charge in [-0.25, -0.2) is 24.3 Å². The van der Waals surface area contributed by atoms with Gasteiger partial charge in [0.05, 0.1) is 23.1 Å². The molecule has 1 unspecified atom stereocenters. The SMILES string of the molecule is O=C(NC1CCCCn2c1nc(-c1ccncn1)cc2=O)c1cccc(-c2ccccc2F)n1. The first-order chi connectivity index (χ1) is 16.6. The van der Waals surface area contributed by atoms with Crippen molar-refractivity contribution in [3.63, 3.8) is 0 Å². The Labute approximate surface area is 194 Å². The summed E-state index contributed by atoms with van der Waals surface area (Å²) in [6.45, 7) is 0.526. The summed E-state index contributed by atoms with van der Waals surface area (Å²) in [5.41, 5.74) is 1.61. The van der Waals surface area contributed by atoms with Crippen LogP contribution in [0.5, 0.6) is 0 Å².